The predicted octanol–water partition coefficient (Wildman–Crippen LogP) is 3.73. The maximum Gasteiger partial charge on any atom is 0.126 e. The van der Waals surface area contributed by atoms with Crippen LogP contribution in [0.2, 0.25) is 0 Å². The van der Waals surface area contributed by atoms with Crippen molar-refractivity contribution in [1.82, 2.24) is 5.32 Å². The Morgan fingerprint density at radius 2 is 1.95 bits per heavy atom. The average molecular weight is 280 g/mol. The van der Waals surface area contributed by atoms with Crippen LogP contribution in [0.25, 0.3) is 0 Å². The molecular formula is C18H17FN2. The second-order valence-corrected chi connectivity index (χ2v) is 5.58. The van der Waals surface area contributed by atoms with E-state index in [1.54, 1.807) is 12.1 Å². The zero-order valence-corrected chi connectivity index (χ0v) is 11.7. The standard InChI is InChI=1S/C18H17FN2/c19-18-7-2-1-6-17(18)15-9-16(10-15)21-12-14-5-3-4-13(8-14)11-20/h1-8,15-16,21H,9-10,12H2. The first-order valence-electron chi connectivity index (χ1n) is 7.23. The van der Waals surface area contributed by atoms with Gasteiger partial charge in [-0.05, 0) is 48.1 Å². The van der Waals surface area contributed by atoms with E-state index in [1.165, 1.54) is 6.07 Å². The van der Waals surface area contributed by atoms with Crippen LogP contribution in [-0.2, 0) is 6.54 Å². The molecule has 3 heteroatoms. The summed E-state index contributed by atoms with van der Waals surface area (Å²) in [6.45, 7) is 0.754. The normalized spacial score (nSPS) is 20.6. The summed E-state index contributed by atoms with van der Waals surface area (Å²) in [6, 6.07) is 17.2. The van der Waals surface area contributed by atoms with E-state index in [4.69, 9.17) is 5.26 Å². The summed E-state index contributed by atoms with van der Waals surface area (Å²) >= 11 is 0. The highest BCUT2D eigenvalue weighted by Gasteiger charge is 2.31. The molecule has 0 saturated heterocycles. The highest BCUT2D eigenvalue weighted by Crippen LogP contribution is 2.38. The molecule has 0 radical (unpaired) electrons. The molecule has 2 aromatic rings. The Morgan fingerprint density at radius 3 is 2.71 bits per heavy atom. The van der Waals surface area contributed by atoms with Crippen molar-refractivity contribution in [2.75, 3.05) is 0 Å². The second-order valence-electron chi connectivity index (χ2n) is 5.58. The van der Waals surface area contributed by atoms with E-state index in [0.717, 1.165) is 30.5 Å². The molecule has 1 saturated carbocycles. The molecule has 0 bridgehead atoms. The maximum atomic E-state index is 13.7. The Bertz CT molecular complexity index is 669. The molecule has 0 spiro atoms. The van der Waals surface area contributed by atoms with Crippen LogP contribution >= 0.6 is 0 Å². The average Bonchev–Trinajstić information content (AvgIpc) is 2.47. The van der Waals surface area contributed by atoms with Crippen LogP contribution in [0.1, 0.15) is 35.4 Å². The third kappa shape index (κ3) is 3.12. The Labute approximate surface area is 124 Å². The van der Waals surface area contributed by atoms with E-state index >= 15 is 0 Å². The molecule has 0 unspecified atom stereocenters. The van der Waals surface area contributed by atoms with Crippen LogP contribution in [0, 0.1) is 17.1 Å². The van der Waals surface area contributed by atoms with Crippen LogP contribution in [0.4, 0.5) is 4.39 Å². The topological polar surface area (TPSA) is 35.8 Å². The Hall–Kier alpha value is -2.18. The molecular weight excluding hydrogens is 263 g/mol. The highest BCUT2D eigenvalue weighted by atomic mass is 19.1. The molecule has 0 aliphatic heterocycles. The molecule has 1 fully saturated rings. The lowest BCUT2D eigenvalue weighted by Gasteiger charge is -2.36. The van der Waals surface area contributed by atoms with Crippen LogP contribution in [-0.4, -0.2) is 6.04 Å². The summed E-state index contributed by atoms with van der Waals surface area (Å²) in [7, 11) is 0. The van der Waals surface area contributed by atoms with Crippen molar-refractivity contribution in [3.05, 3.63) is 71.0 Å². The number of hydrogen-bond acceptors (Lipinski definition) is 2. The molecule has 0 heterocycles. The molecule has 21 heavy (non-hydrogen) atoms. The van der Waals surface area contributed by atoms with Gasteiger partial charge < -0.3 is 5.32 Å². The molecule has 0 amide bonds. The van der Waals surface area contributed by atoms with Crippen LogP contribution in [0.5, 0.6) is 0 Å². The Kier molecular flexibility index (Phi) is 3.98. The highest BCUT2D eigenvalue weighted by molar-refractivity contribution is 5.32. The number of benzene rings is 2. The smallest absolute Gasteiger partial charge is 0.126 e. The van der Waals surface area contributed by atoms with Gasteiger partial charge in [-0.25, -0.2) is 4.39 Å². The molecule has 0 aromatic heterocycles. The Balaban J connectivity index is 1.51. The first-order chi connectivity index (χ1) is 10.3. The van der Waals surface area contributed by atoms with Crippen molar-refractivity contribution in [1.29, 1.82) is 5.26 Å². The first-order valence-corrected chi connectivity index (χ1v) is 7.23. The summed E-state index contributed by atoms with van der Waals surface area (Å²) in [5.41, 5.74) is 2.64. The van der Waals surface area contributed by atoms with Gasteiger partial charge in [-0.1, -0.05) is 30.3 Å². The van der Waals surface area contributed by atoms with E-state index in [9.17, 15) is 4.39 Å². The zero-order valence-electron chi connectivity index (χ0n) is 11.7. The fourth-order valence-electron chi connectivity index (χ4n) is 2.86. The van der Waals surface area contributed by atoms with Crippen molar-refractivity contribution >= 4 is 0 Å². The third-order valence-electron chi connectivity index (χ3n) is 4.13. The number of rotatable bonds is 4. The number of nitriles is 1. The van der Waals surface area contributed by atoms with Gasteiger partial charge in [0, 0.05) is 12.6 Å². The molecule has 2 aromatic carbocycles. The number of hydrogen-bond donors (Lipinski definition) is 1. The summed E-state index contributed by atoms with van der Waals surface area (Å²) in [5.74, 6) is 0.233. The summed E-state index contributed by atoms with van der Waals surface area (Å²) in [4.78, 5) is 0. The van der Waals surface area contributed by atoms with E-state index in [-0.39, 0.29) is 5.82 Å². The van der Waals surface area contributed by atoms with Gasteiger partial charge >= 0.3 is 0 Å². The van der Waals surface area contributed by atoms with Gasteiger partial charge in [-0.15, -0.1) is 0 Å². The fourth-order valence-corrected chi connectivity index (χ4v) is 2.86. The van der Waals surface area contributed by atoms with Crippen molar-refractivity contribution in [3.8, 4) is 6.07 Å². The largest absolute Gasteiger partial charge is 0.310 e. The number of nitrogens with one attached hydrogen (secondary N) is 1. The maximum absolute atomic E-state index is 13.7. The van der Waals surface area contributed by atoms with Crippen LogP contribution < -0.4 is 5.32 Å². The SMILES string of the molecule is N#Cc1cccc(CNC2CC(c3ccccc3F)C2)c1. The van der Waals surface area contributed by atoms with E-state index < -0.39 is 0 Å². The van der Waals surface area contributed by atoms with E-state index in [1.807, 2.05) is 30.3 Å². The lowest BCUT2D eigenvalue weighted by molar-refractivity contribution is 0.284. The van der Waals surface area contributed by atoms with Gasteiger partial charge in [0.1, 0.15) is 5.82 Å². The molecule has 2 nitrogen and oxygen atoms in total. The molecule has 106 valence electrons. The summed E-state index contributed by atoms with van der Waals surface area (Å²) < 4.78 is 13.7. The van der Waals surface area contributed by atoms with E-state index in [0.29, 0.717) is 17.5 Å². The second kappa shape index (κ2) is 6.07. The molecule has 1 aliphatic carbocycles. The van der Waals surface area contributed by atoms with Gasteiger partial charge in [0.25, 0.3) is 0 Å². The fraction of sp³-hybridized carbons (Fsp3) is 0.278. The summed E-state index contributed by atoms with van der Waals surface area (Å²) in [5, 5.41) is 12.4. The lowest BCUT2D eigenvalue weighted by atomic mass is 9.75. The van der Waals surface area contributed by atoms with Gasteiger partial charge in [0.2, 0.25) is 0 Å². The predicted molar refractivity (Wildman–Crippen MR) is 80.2 cm³/mol. The van der Waals surface area contributed by atoms with Crippen molar-refractivity contribution < 1.29 is 4.39 Å². The third-order valence-corrected chi connectivity index (χ3v) is 4.13. The zero-order chi connectivity index (χ0) is 14.7. The van der Waals surface area contributed by atoms with Gasteiger partial charge in [0.15, 0.2) is 0 Å². The molecule has 3 rings (SSSR count). The minimum absolute atomic E-state index is 0.0947. The van der Waals surface area contributed by atoms with Gasteiger partial charge in [0.05, 0.1) is 11.6 Å². The van der Waals surface area contributed by atoms with Crippen LogP contribution in [0.15, 0.2) is 48.5 Å². The molecule has 1 N–H and O–H groups in total. The van der Waals surface area contributed by atoms with Gasteiger partial charge in [-0.3, -0.25) is 0 Å². The molecule has 0 atom stereocenters. The van der Waals surface area contributed by atoms with Crippen LogP contribution in [0.3, 0.4) is 0 Å². The van der Waals surface area contributed by atoms with Crippen molar-refractivity contribution in [2.24, 2.45) is 0 Å². The summed E-state index contributed by atoms with van der Waals surface area (Å²) in [6.07, 6.45) is 1.94. The lowest BCUT2D eigenvalue weighted by Crippen LogP contribution is -2.39. The first kappa shape index (κ1) is 13.8. The van der Waals surface area contributed by atoms with Crippen molar-refractivity contribution in [2.45, 2.75) is 31.3 Å². The monoisotopic (exact) mass is 280 g/mol. The Morgan fingerprint density at radius 1 is 1.14 bits per heavy atom. The van der Waals surface area contributed by atoms with Gasteiger partial charge in [-0.2, -0.15) is 5.26 Å². The van der Waals surface area contributed by atoms with Crippen molar-refractivity contribution in [3.63, 3.8) is 0 Å². The molecule has 1 aliphatic rings. The minimum Gasteiger partial charge on any atom is -0.310 e. The minimum atomic E-state index is -0.0947. The van der Waals surface area contributed by atoms with E-state index in [2.05, 4.69) is 11.4 Å². The number of halogens is 1. The quantitative estimate of drug-likeness (QED) is 0.926. The number of nitrogens with zero attached hydrogens (tertiary/aromatic N) is 1.